The normalized spacial score (nSPS) is 17.5. The van der Waals surface area contributed by atoms with Gasteiger partial charge in [0.05, 0.1) is 6.04 Å². The molecule has 0 bridgehead atoms. The smallest absolute Gasteiger partial charge is 0.303 e. The average molecular weight is 237 g/mol. The summed E-state index contributed by atoms with van der Waals surface area (Å²) in [4.78, 5) is 10.4. The van der Waals surface area contributed by atoms with E-state index in [-0.39, 0.29) is 18.2 Å². The summed E-state index contributed by atoms with van der Waals surface area (Å²) >= 11 is 0. The van der Waals surface area contributed by atoms with Crippen LogP contribution in [-0.2, 0) is 4.79 Å². The predicted molar refractivity (Wildman–Crippen MR) is 61.2 cm³/mol. The number of benzene rings is 1. The summed E-state index contributed by atoms with van der Waals surface area (Å²) < 4.78 is 5.43. The molecule has 17 heavy (non-hydrogen) atoms. The van der Waals surface area contributed by atoms with Crippen molar-refractivity contribution >= 4 is 5.97 Å². The van der Waals surface area contributed by atoms with Crippen LogP contribution in [0.4, 0.5) is 0 Å². The lowest BCUT2D eigenvalue weighted by Gasteiger charge is -2.10. The zero-order chi connectivity index (χ0) is 12.3. The fraction of sp³-hybridized carbons (Fsp3) is 0.417. The van der Waals surface area contributed by atoms with Gasteiger partial charge in [0.1, 0.15) is 18.1 Å². The molecule has 1 unspecified atom stereocenters. The van der Waals surface area contributed by atoms with Gasteiger partial charge in [0.15, 0.2) is 0 Å². The lowest BCUT2D eigenvalue weighted by atomic mass is 10.1. The zero-order valence-electron chi connectivity index (χ0n) is 9.35. The Bertz CT molecular complexity index is 419. The number of phenols is 1. The molecule has 0 amide bonds. The summed E-state index contributed by atoms with van der Waals surface area (Å²) in [5, 5.41) is 21.0. The van der Waals surface area contributed by atoms with Crippen molar-refractivity contribution in [3.05, 3.63) is 23.8 Å². The first kappa shape index (κ1) is 11.7. The molecule has 1 aromatic carbocycles. The molecule has 0 aromatic heterocycles. The number of nitrogens with one attached hydrogen (secondary N) is 1. The van der Waals surface area contributed by atoms with Crippen LogP contribution in [0.1, 0.15) is 24.4 Å². The van der Waals surface area contributed by atoms with Crippen LogP contribution in [0.3, 0.4) is 0 Å². The molecular weight excluding hydrogens is 222 g/mol. The molecule has 0 radical (unpaired) electrons. The Labute approximate surface area is 99.0 Å². The molecule has 0 aliphatic carbocycles. The van der Waals surface area contributed by atoms with Crippen molar-refractivity contribution in [1.29, 1.82) is 0 Å². The van der Waals surface area contributed by atoms with Crippen molar-refractivity contribution in [1.82, 2.24) is 5.32 Å². The average Bonchev–Trinajstić information content (AvgIpc) is 2.66. The summed E-state index contributed by atoms with van der Waals surface area (Å²) in [5.74, 6) is 0.107. The largest absolute Gasteiger partial charge is 0.508 e. The third-order valence-electron chi connectivity index (χ3n) is 2.74. The standard InChI is InChI=1S/C12H15NO4/c14-8-3-4-9-10(7-17-11(9)6-8)13-5-1-2-12(15)16/h3-4,6,10,13-14H,1-2,5,7H2,(H,15,16). The van der Waals surface area contributed by atoms with Crippen LogP contribution in [0, 0.1) is 0 Å². The second kappa shape index (κ2) is 5.05. The number of carboxylic acid groups (broad SMARTS) is 1. The molecule has 1 heterocycles. The first-order valence-electron chi connectivity index (χ1n) is 5.57. The number of phenolic OH excluding ortho intramolecular Hbond substituents is 1. The van der Waals surface area contributed by atoms with Gasteiger partial charge in [0.2, 0.25) is 0 Å². The van der Waals surface area contributed by atoms with Crippen molar-refractivity contribution < 1.29 is 19.7 Å². The predicted octanol–water partition coefficient (Wildman–Crippen LogP) is 1.28. The quantitative estimate of drug-likeness (QED) is 0.672. The monoisotopic (exact) mass is 237 g/mol. The highest BCUT2D eigenvalue weighted by Crippen LogP contribution is 2.34. The molecule has 92 valence electrons. The van der Waals surface area contributed by atoms with Gasteiger partial charge in [-0.25, -0.2) is 0 Å². The topological polar surface area (TPSA) is 78.8 Å². The van der Waals surface area contributed by atoms with E-state index >= 15 is 0 Å². The number of hydrogen-bond donors (Lipinski definition) is 3. The van der Waals surface area contributed by atoms with Crippen molar-refractivity contribution in [3.8, 4) is 11.5 Å². The molecule has 0 saturated heterocycles. The van der Waals surface area contributed by atoms with Crippen LogP contribution < -0.4 is 10.1 Å². The molecule has 1 aliphatic heterocycles. The van der Waals surface area contributed by atoms with Crippen molar-refractivity contribution in [3.63, 3.8) is 0 Å². The van der Waals surface area contributed by atoms with Crippen LogP contribution in [0.25, 0.3) is 0 Å². The Balaban J connectivity index is 1.87. The van der Waals surface area contributed by atoms with Gasteiger partial charge in [-0.2, -0.15) is 0 Å². The summed E-state index contributed by atoms with van der Waals surface area (Å²) in [5.41, 5.74) is 1.01. The van der Waals surface area contributed by atoms with E-state index in [4.69, 9.17) is 9.84 Å². The lowest BCUT2D eigenvalue weighted by Crippen LogP contribution is -2.23. The van der Waals surface area contributed by atoms with E-state index in [9.17, 15) is 9.90 Å². The zero-order valence-corrected chi connectivity index (χ0v) is 9.35. The fourth-order valence-electron chi connectivity index (χ4n) is 1.88. The van der Waals surface area contributed by atoms with E-state index in [1.807, 2.05) is 6.07 Å². The summed E-state index contributed by atoms with van der Waals surface area (Å²) in [6.45, 7) is 1.16. The number of fused-ring (bicyclic) bond motifs is 1. The van der Waals surface area contributed by atoms with E-state index in [2.05, 4.69) is 5.32 Å². The number of aliphatic carboxylic acids is 1. The molecule has 1 aliphatic rings. The van der Waals surface area contributed by atoms with Gasteiger partial charge < -0.3 is 20.3 Å². The van der Waals surface area contributed by atoms with E-state index in [0.29, 0.717) is 25.3 Å². The van der Waals surface area contributed by atoms with Crippen LogP contribution in [0.2, 0.25) is 0 Å². The Kier molecular flexibility index (Phi) is 3.49. The number of carbonyl (C=O) groups is 1. The second-order valence-electron chi connectivity index (χ2n) is 4.04. The molecule has 0 fully saturated rings. The van der Waals surface area contributed by atoms with Gasteiger partial charge >= 0.3 is 5.97 Å². The maximum Gasteiger partial charge on any atom is 0.303 e. The Morgan fingerprint density at radius 1 is 1.53 bits per heavy atom. The van der Waals surface area contributed by atoms with Crippen LogP contribution in [0.5, 0.6) is 11.5 Å². The first-order chi connectivity index (χ1) is 8.16. The van der Waals surface area contributed by atoms with Crippen molar-refractivity contribution in [2.24, 2.45) is 0 Å². The van der Waals surface area contributed by atoms with E-state index in [0.717, 1.165) is 5.56 Å². The first-order valence-corrected chi connectivity index (χ1v) is 5.57. The molecule has 5 heteroatoms. The molecule has 5 nitrogen and oxygen atoms in total. The molecule has 0 spiro atoms. The number of hydrogen-bond acceptors (Lipinski definition) is 4. The van der Waals surface area contributed by atoms with E-state index in [1.165, 1.54) is 0 Å². The Morgan fingerprint density at radius 3 is 3.12 bits per heavy atom. The molecule has 1 atom stereocenters. The summed E-state index contributed by atoms with van der Waals surface area (Å²) in [6.07, 6.45) is 0.766. The van der Waals surface area contributed by atoms with Gasteiger partial charge in [0, 0.05) is 18.1 Å². The van der Waals surface area contributed by atoms with E-state index < -0.39 is 5.97 Å². The number of ether oxygens (including phenoxy) is 1. The highest BCUT2D eigenvalue weighted by molar-refractivity contribution is 5.66. The minimum atomic E-state index is -0.778. The molecule has 2 rings (SSSR count). The van der Waals surface area contributed by atoms with Gasteiger partial charge in [-0.1, -0.05) is 0 Å². The Morgan fingerprint density at radius 2 is 2.35 bits per heavy atom. The number of carboxylic acids is 1. The third kappa shape index (κ3) is 2.88. The molecule has 1 aromatic rings. The summed E-state index contributed by atoms with van der Waals surface area (Å²) in [7, 11) is 0. The van der Waals surface area contributed by atoms with Gasteiger partial charge in [-0.3, -0.25) is 4.79 Å². The van der Waals surface area contributed by atoms with E-state index in [1.54, 1.807) is 12.1 Å². The minimum Gasteiger partial charge on any atom is -0.508 e. The van der Waals surface area contributed by atoms with Gasteiger partial charge in [0.25, 0.3) is 0 Å². The maximum atomic E-state index is 10.4. The van der Waals surface area contributed by atoms with Crippen molar-refractivity contribution in [2.45, 2.75) is 18.9 Å². The highest BCUT2D eigenvalue weighted by atomic mass is 16.5. The highest BCUT2D eigenvalue weighted by Gasteiger charge is 2.23. The van der Waals surface area contributed by atoms with Crippen molar-refractivity contribution in [2.75, 3.05) is 13.2 Å². The molecule has 3 N–H and O–H groups in total. The van der Waals surface area contributed by atoms with Gasteiger partial charge in [-0.15, -0.1) is 0 Å². The van der Waals surface area contributed by atoms with Crippen LogP contribution in [-0.4, -0.2) is 29.3 Å². The summed E-state index contributed by atoms with van der Waals surface area (Å²) in [6, 6.07) is 5.12. The number of aromatic hydroxyl groups is 1. The lowest BCUT2D eigenvalue weighted by molar-refractivity contribution is -0.137. The SMILES string of the molecule is O=C(O)CCCNC1COc2cc(O)ccc21. The fourth-order valence-corrected chi connectivity index (χ4v) is 1.88. The van der Waals surface area contributed by atoms with Gasteiger partial charge in [-0.05, 0) is 25.1 Å². The minimum absolute atomic E-state index is 0.0828. The third-order valence-corrected chi connectivity index (χ3v) is 2.74. The van der Waals surface area contributed by atoms with Crippen LogP contribution in [0.15, 0.2) is 18.2 Å². The molecule has 0 saturated carbocycles. The molecular formula is C12H15NO4. The second-order valence-corrected chi connectivity index (χ2v) is 4.04. The maximum absolute atomic E-state index is 10.4. The number of rotatable bonds is 5. The Hall–Kier alpha value is -1.75. The van der Waals surface area contributed by atoms with Crippen LogP contribution >= 0.6 is 0 Å².